The Bertz CT molecular complexity index is 567. The summed E-state index contributed by atoms with van der Waals surface area (Å²) in [5.41, 5.74) is 6.47. The van der Waals surface area contributed by atoms with Gasteiger partial charge in [0.25, 0.3) is 0 Å². The average molecular weight is 327 g/mol. The van der Waals surface area contributed by atoms with Crippen molar-refractivity contribution < 1.29 is 4.79 Å². The van der Waals surface area contributed by atoms with Crippen LogP contribution >= 0.6 is 34.7 Å². The molecular formula is C14H15ClN2OS2. The third kappa shape index (κ3) is 3.91. The van der Waals surface area contributed by atoms with E-state index in [1.54, 1.807) is 41.5 Å². The number of hydrogen-bond donors (Lipinski definition) is 1. The molecule has 1 amide bonds. The lowest BCUT2D eigenvalue weighted by molar-refractivity contribution is -0.127. The maximum absolute atomic E-state index is 12.1. The van der Waals surface area contributed by atoms with Crippen LogP contribution in [0.1, 0.15) is 4.88 Å². The molecule has 3 nitrogen and oxygen atoms in total. The van der Waals surface area contributed by atoms with E-state index in [0.717, 1.165) is 4.90 Å². The van der Waals surface area contributed by atoms with Crippen molar-refractivity contribution in [2.75, 3.05) is 18.5 Å². The van der Waals surface area contributed by atoms with Crippen molar-refractivity contribution in [2.24, 2.45) is 0 Å². The first-order valence-corrected chi connectivity index (χ1v) is 8.25. The van der Waals surface area contributed by atoms with Crippen molar-refractivity contribution in [2.45, 2.75) is 11.4 Å². The lowest BCUT2D eigenvalue weighted by atomic mass is 10.3. The molecule has 0 bridgehead atoms. The largest absolute Gasteiger partial charge is 0.398 e. The summed E-state index contributed by atoms with van der Waals surface area (Å²) in [4.78, 5) is 15.7. The van der Waals surface area contributed by atoms with Gasteiger partial charge in [-0.05, 0) is 23.6 Å². The number of halogens is 1. The van der Waals surface area contributed by atoms with Crippen LogP contribution in [0.25, 0.3) is 0 Å². The third-order valence-electron chi connectivity index (χ3n) is 2.74. The Morgan fingerprint density at radius 1 is 1.40 bits per heavy atom. The van der Waals surface area contributed by atoms with Crippen LogP contribution in [0.15, 0.2) is 40.6 Å². The van der Waals surface area contributed by atoms with E-state index in [1.165, 1.54) is 16.6 Å². The second-order valence-electron chi connectivity index (χ2n) is 4.28. The lowest BCUT2D eigenvalue weighted by Gasteiger charge is -2.16. The monoisotopic (exact) mass is 326 g/mol. The fourth-order valence-corrected chi connectivity index (χ4v) is 3.68. The van der Waals surface area contributed by atoms with Gasteiger partial charge in [0.05, 0.1) is 17.3 Å². The van der Waals surface area contributed by atoms with Crippen molar-refractivity contribution in [3.63, 3.8) is 0 Å². The first-order valence-electron chi connectivity index (χ1n) is 6.01. The highest BCUT2D eigenvalue weighted by Gasteiger charge is 2.13. The van der Waals surface area contributed by atoms with Crippen LogP contribution in [0, 0.1) is 0 Å². The SMILES string of the molecule is CN(Cc1cccs1)C(=O)CSc1c(N)cccc1Cl. The van der Waals surface area contributed by atoms with Crippen LogP contribution in [0.4, 0.5) is 5.69 Å². The van der Waals surface area contributed by atoms with E-state index in [4.69, 9.17) is 17.3 Å². The number of rotatable bonds is 5. The number of thiophene rings is 1. The van der Waals surface area contributed by atoms with E-state index >= 15 is 0 Å². The van der Waals surface area contributed by atoms with Crippen LogP contribution in [0.5, 0.6) is 0 Å². The second-order valence-corrected chi connectivity index (χ2v) is 6.70. The maximum atomic E-state index is 12.1. The van der Waals surface area contributed by atoms with E-state index in [1.807, 2.05) is 17.5 Å². The van der Waals surface area contributed by atoms with E-state index in [2.05, 4.69) is 0 Å². The van der Waals surface area contributed by atoms with Gasteiger partial charge in [-0.1, -0.05) is 23.7 Å². The van der Waals surface area contributed by atoms with E-state index in [0.29, 0.717) is 23.0 Å². The third-order valence-corrected chi connectivity index (χ3v) is 5.16. The number of nitrogen functional groups attached to an aromatic ring is 1. The molecule has 1 aromatic carbocycles. The minimum absolute atomic E-state index is 0.0581. The summed E-state index contributed by atoms with van der Waals surface area (Å²) < 4.78 is 0. The van der Waals surface area contributed by atoms with Gasteiger partial charge in [-0.25, -0.2) is 0 Å². The van der Waals surface area contributed by atoms with Crippen LogP contribution in [-0.4, -0.2) is 23.6 Å². The topological polar surface area (TPSA) is 46.3 Å². The van der Waals surface area contributed by atoms with Crippen molar-refractivity contribution in [3.05, 3.63) is 45.6 Å². The van der Waals surface area contributed by atoms with E-state index < -0.39 is 0 Å². The van der Waals surface area contributed by atoms with Crippen LogP contribution in [-0.2, 0) is 11.3 Å². The minimum Gasteiger partial charge on any atom is -0.398 e. The number of carbonyl (C=O) groups is 1. The molecule has 0 aliphatic rings. The molecule has 1 aromatic heterocycles. The molecule has 106 valence electrons. The molecule has 1 heterocycles. The molecule has 0 radical (unpaired) electrons. The molecule has 0 aliphatic carbocycles. The second kappa shape index (κ2) is 7.02. The Morgan fingerprint density at radius 2 is 2.20 bits per heavy atom. The predicted octanol–water partition coefficient (Wildman–Crippen LogP) is 3.73. The maximum Gasteiger partial charge on any atom is 0.233 e. The van der Waals surface area contributed by atoms with Gasteiger partial charge in [-0.3, -0.25) is 4.79 Å². The fourth-order valence-electron chi connectivity index (χ4n) is 1.65. The molecule has 2 rings (SSSR count). The summed E-state index contributed by atoms with van der Waals surface area (Å²) in [6, 6.07) is 9.37. The highest BCUT2D eigenvalue weighted by Crippen LogP contribution is 2.32. The molecule has 2 N–H and O–H groups in total. The normalized spacial score (nSPS) is 10.5. The van der Waals surface area contributed by atoms with Crippen molar-refractivity contribution in [1.82, 2.24) is 4.90 Å². The summed E-state index contributed by atoms with van der Waals surface area (Å²) in [5.74, 6) is 0.387. The zero-order valence-corrected chi connectivity index (χ0v) is 13.4. The Balaban J connectivity index is 1.91. The molecular weight excluding hydrogens is 312 g/mol. The fraction of sp³-hybridized carbons (Fsp3) is 0.214. The predicted molar refractivity (Wildman–Crippen MR) is 87.4 cm³/mol. The Labute approximate surface area is 131 Å². The minimum atomic E-state index is 0.0581. The Hall–Kier alpha value is -1.17. The van der Waals surface area contributed by atoms with Crippen molar-refractivity contribution >= 4 is 46.3 Å². The number of thioether (sulfide) groups is 1. The van der Waals surface area contributed by atoms with Gasteiger partial charge in [-0.15, -0.1) is 23.1 Å². The molecule has 0 atom stereocenters. The van der Waals surface area contributed by atoms with Crippen molar-refractivity contribution in [3.8, 4) is 0 Å². The summed E-state index contributed by atoms with van der Waals surface area (Å²) in [7, 11) is 1.80. The smallest absolute Gasteiger partial charge is 0.233 e. The lowest BCUT2D eigenvalue weighted by Crippen LogP contribution is -2.27. The zero-order chi connectivity index (χ0) is 14.5. The molecule has 20 heavy (non-hydrogen) atoms. The Morgan fingerprint density at radius 3 is 2.85 bits per heavy atom. The van der Waals surface area contributed by atoms with Gasteiger partial charge in [0.15, 0.2) is 0 Å². The molecule has 0 saturated heterocycles. The number of anilines is 1. The summed E-state index contributed by atoms with van der Waals surface area (Å²) in [6.07, 6.45) is 0. The number of amides is 1. The molecule has 0 fully saturated rings. The number of nitrogens with zero attached hydrogens (tertiary/aromatic N) is 1. The zero-order valence-electron chi connectivity index (χ0n) is 11.0. The molecule has 0 aliphatic heterocycles. The molecule has 0 saturated carbocycles. The van der Waals surface area contributed by atoms with Gasteiger partial charge in [0.2, 0.25) is 5.91 Å². The highest BCUT2D eigenvalue weighted by atomic mass is 35.5. The molecule has 0 unspecified atom stereocenters. The molecule has 6 heteroatoms. The van der Waals surface area contributed by atoms with Crippen LogP contribution in [0.2, 0.25) is 5.02 Å². The molecule has 0 spiro atoms. The Kier molecular flexibility index (Phi) is 5.34. The van der Waals surface area contributed by atoms with Crippen LogP contribution < -0.4 is 5.73 Å². The van der Waals surface area contributed by atoms with Gasteiger partial charge in [-0.2, -0.15) is 0 Å². The first-order chi connectivity index (χ1) is 9.58. The quantitative estimate of drug-likeness (QED) is 0.672. The highest BCUT2D eigenvalue weighted by molar-refractivity contribution is 8.00. The van der Waals surface area contributed by atoms with Gasteiger partial charge in [0, 0.05) is 22.5 Å². The van der Waals surface area contributed by atoms with Gasteiger partial charge >= 0.3 is 0 Å². The van der Waals surface area contributed by atoms with Gasteiger partial charge in [0.1, 0.15) is 0 Å². The van der Waals surface area contributed by atoms with Crippen LogP contribution in [0.3, 0.4) is 0 Å². The first kappa shape index (κ1) is 15.2. The number of hydrogen-bond acceptors (Lipinski definition) is 4. The number of benzene rings is 1. The van der Waals surface area contributed by atoms with Crippen molar-refractivity contribution in [1.29, 1.82) is 0 Å². The summed E-state index contributed by atoms with van der Waals surface area (Å²) in [6.45, 7) is 0.634. The standard InChI is InChI=1S/C14H15ClN2OS2/c1-17(8-10-4-3-7-19-10)13(18)9-20-14-11(15)5-2-6-12(14)16/h2-7H,8-9,16H2,1H3. The van der Waals surface area contributed by atoms with E-state index in [-0.39, 0.29) is 5.91 Å². The summed E-state index contributed by atoms with van der Waals surface area (Å²) >= 11 is 9.11. The summed E-state index contributed by atoms with van der Waals surface area (Å²) in [5, 5.41) is 2.59. The molecule has 2 aromatic rings. The number of carbonyl (C=O) groups excluding carboxylic acids is 1. The average Bonchev–Trinajstić information content (AvgIpc) is 2.90. The van der Waals surface area contributed by atoms with E-state index in [9.17, 15) is 4.79 Å². The number of nitrogens with two attached hydrogens (primary N) is 1. The van der Waals surface area contributed by atoms with Gasteiger partial charge < -0.3 is 10.6 Å².